The second-order valence-electron chi connectivity index (χ2n) is 9.41. The van der Waals surface area contributed by atoms with Gasteiger partial charge in [-0.3, -0.25) is 9.59 Å². The van der Waals surface area contributed by atoms with E-state index in [4.69, 9.17) is 9.47 Å². The number of hydrogen-bond acceptors (Lipinski definition) is 6. The number of fused-ring (bicyclic) bond motifs is 1. The molecule has 0 bridgehead atoms. The smallest absolute Gasteiger partial charge is 0.308 e. The molecule has 2 N–H and O–H groups in total. The fourth-order valence-electron chi connectivity index (χ4n) is 4.19. The van der Waals surface area contributed by atoms with Crippen molar-refractivity contribution in [3.8, 4) is 0 Å². The number of aliphatic hydroxyl groups is 2. The van der Waals surface area contributed by atoms with E-state index < -0.39 is 29.5 Å². The van der Waals surface area contributed by atoms with Crippen LogP contribution in [0.3, 0.4) is 0 Å². The molecule has 0 aromatic heterocycles. The summed E-state index contributed by atoms with van der Waals surface area (Å²) < 4.78 is 11.3. The Bertz CT molecular complexity index is 559. The Morgan fingerprint density at radius 1 is 1.07 bits per heavy atom. The number of cyclic esters (lactones) is 1. The van der Waals surface area contributed by atoms with Crippen LogP contribution in [-0.4, -0.2) is 52.0 Å². The zero-order chi connectivity index (χ0) is 20.6. The summed E-state index contributed by atoms with van der Waals surface area (Å²) >= 11 is 0. The lowest BCUT2D eigenvalue weighted by Crippen LogP contribution is -2.45. The van der Waals surface area contributed by atoms with Gasteiger partial charge in [0.2, 0.25) is 0 Å². The standard InChI is InChI=1S/C21H36O6/c1-12-8-7-9-21(6)16(27-21)10-13(2)26-17(23)11-15(22)20(4,5)19(25)14(3)18(12)24/h12-16,18,22,24H,7-11H2,1-6H3. The van der Waals surface area contributed by atoms with Gasteiger partial charge in [0.25, 0.3) is 0 Å². The summed E-state index contributed by atoms with van der Waals surface area (Å²) in [5.74, 6) is -1.41. The number of rotatable bonds is 0. The predicted octanol–water partition coefficient (Wildman–Crippen LogP) is 2.63. The van der Waals surface area contributed by atoms with Gasteiger partial charge in [-0.05, 0) is 32.6 Å². The van der Waals surface area contributed by atoms with E-state index in [1.54, 1.807) is 20.8 Å². The van der Waals surface area contributed by atoms with Crippen LogP contribution in [0.5, 0.6) is 0 Å². The maximum Gasteiger partial charge on any atom is 0.308 e. The van der Waals surface area contributed by atoms with Gasteiger partial charge in [-0.25, -0.2) is 0 Å². The van der Waals surface area contributed by atoms with Gasteiger partial charge in [0.05, 0.1) is 35.7 Å². The number of carbonyl (C=O) groups excluding carboxylic acids is 2. The monoisotopic (exact) mass is 384 g/mol. The molecule has 0 saturated carbocycles. The molecule has 0 aromatic carbocycles. The Morgan fingerprint density at radius 3 is 2.33 bits per heavy atom. The van der Waals surface area contributed by atoms with Crippen LogP contribution in [0, 0.1) is 17.3 Å². The van der Waals surface area contributed by atoms with Crippen molar-refractivity contribution in [2.75, 3.05) is 0 Å². The third-order valence-corrected chi connectivity index (χ3v) is 6.58. The van der Waals surface area contributed by atoms with Gasteiger partial charge in [-0.2, -0.15) is 0 Å². The molecule has 2 rings (SSSR count). The molecule has 0 spiro atoms. The minimum atomic E-state index is -1.16. The molecule has 2 fully saturated rings. The van der Waals surface area contributed by atoms with Gasteiger partial charge >= 0.3 is 5.97 Å². The van der Waals surface area contributed by atoms with Crippen molar-refractivity contribution in [1.82, 2.24) is 0 Å². The van der Waals surface area contributed by atoms with E-state index >= 15 is 0 Å². The molecule has 0 radical (unpaired) electrons. The third kappa shape index (κ3) is 5.09. The van der Waals surface area contributed by atoms with Crippen LogP contribution in [-0.2, 0) is 19.1 Å². The van der Waals surface area contributed by atoms with E-state index in [-0.39, 0.29) is 35.9 Å². The quantitative estimate of drug-likeness (QED) is 0.492. The molecule has 0 aromatic rings. The Morgan fingerprint density at radius 2 is 1.70 bits per heavy atom. The average Bonchev–Trinajstić information content (AvgIpc) is 3.20. The van der Waals surface area contributed by atoms with Gasteiger partial charge < -0.3 is 19.7 Å². The van der Waals surface area contributed by atoms with E-state index in [9.17, 15) is 19.8 Å². The molecule has 6 heteroatoms. The van der Waals surface area contributed by atoms with Crippen LogP contribution in [0.25, 0.3) is 0 Å². The van der Waals surface area contributed by atoms with Crippen molar-refractivity contribution in [2.45, 2.75) is 104 Å². The summed E-state index contributed by atoms with van der Waals surface area (Å²) in [6.45, 7) is 10.8. The maximum absolute atomic E-state index is 12.9. The second-order valence-corrected chi connectivity index (χ2v) is 9.41. The van der Waals surface area contributed by atoms with E-state index in [2.05, 4.69) is 6.92 Å². The fourth-order valence-corrected chi connectivity index (χ4v) is 4.19. The van der Waals surface area contributed by atoms with Crippen LogP contribution in [0.15, 0.2) is 0 Å². The zero-order valence-electron chi connectivity index (χ0n) is 17.5. The van der Waals surface area contributed by atoms with Gasteiger partial charge in [-0.1, -0.05) is 34.1 Å². The van der Waals surface area contributed by atoms with Crippen LogP contribution < -0.4 is 0 Å². The van der Waals surface area contributed by atoms with E-state index in [1.807, 2.05) is 13.8 Å². The Kier molecular flexibility index (Phi) is 6.76. The first-order chi connectivity index (χ1) is 12.4. The maximum atomic E-state index is 12.9. The first-order valence-electron chi connectivity index (χ1n) is 10.2. The number of carbonyl (C=O) groups is 2. The van der Waals surface area contributed by atoms with E-state index in [0.717, 1.165) is 19.3 Å². The zero-order valence-corrected chi connectivity index (χ0v) is 17.5. The first kappa shape index (κ1) is 22.3. The normalized spacial score (nSPS) is 44.3. The van der Waals surface area contributed by atoms with Crippen molar-refractivity contribution >= 4 is 11.8 Å². The van der Waals surface area contributed by atoms with Crippen molar-refractivity contribution in [2.24, 2.45) is 17.3 Å². The lowest BCUT2D eigenvalue weighted by Gasteiger charge is -2.34. The molecule has 6 nitrogen and oxygen atoms in total. The van der Waals surface area contributed by atoms with Crippen LogP contribution >= 0.6 is 0 Å². The van der Waals surface area contributed by atoms with Gasteiger partial charge in [0, 0.05) is 12.3 Å². The number of hydrogen-bond donors (Lipinski definition) is 2. The number of esters is 1. The van der Waals surface area contributed by atoms with Crippen LogP contribution in [0.2, 0.25) is 0 Å². The minimum Gasteiger partial charge on any atom is -0.462 e. The second kappa shape index (κ2) is 8.18. The van der Waals surface area contributed by atoms with Gasteiger partial charge in [0.15, 0.2) is 0 Å². The molecule has 2 aliphatic heterocycles. The summed E-state index contributed by atoms with van der Waals surface area (Å²) in [7, 11) is 0. The number of ketones is 1. The molecular formula is C21H36O6. The summed E-state index contributed by atoms with van der Waals surface area (Å²) in [6.07, 6.45) is 0.766. The highest BCUT2D eigenvalue weighted by atomic mass is 16.6. The third-order valence-electron chi connectivity index (χ3n) is 6.58. The first-order valence-corrected chi connectivity index (χ1v) is 10.2. The summed E-state index contributed by atoms with van der Waals surface area (Å²) in [4.78, 5) is 25.1. The van der Waals surface area contributed by atoms with E-state index in [0.29, 0.717) is 6.42 Å². The number of epoxide rings is 1. The lowest BCUT2D eigenvalue weighted by molar-refractivity contribution is -0.155. The Hall–Kier alpha value is -0.980. The Labute approximate surface area is 162 Å². The van der Waals surface area contributed by atoms with Crippen molar-refractivity contribution in [3.05, 3.63) is 0 Å². The fraction of sp³-hybridized carbons (Fsp3) is 0.905. The molecular weight excluding hydrogens is 348 g/mol. The molecule has 7 unspecified atom stereocenters. The van der Waals surface area contributed by atoms with Crippen LogP contribution in [0.4, 0.5) is 0 Å². The average molecular weight is 385 g/mol. The van der Waals surface area contributed by atoms with Crippen molar-refractivity contribution in [1.29, 1.82) is 0 Å². The largest absolute Gasteiger partial charge is 0.462 e. The molecule has 2 aliphatic rings. The highest BCUT2D eigenvalue weighted by Crippen LogP contribution is 2.44. The highest BCUT2D eigenvalue weighted by Gasteiger charge is 2.52. The number of aliphatic hydroxyl groups excluding tert-OH is 2. The molecule has 27 heavy (non-hydrogen) atoms. The van der Waals surface area contributed by atoms with Gasteiger partial charge in [-0.15, -0.1) is 0 Å². The summed E-state index contributed by atoms with van der Waals surface area (Å²) in [5, 5.41) is 21.2. The van der Waals surface area contributed by atoms with E-state index in [1.165, 1.54) is 0 Å². The predicted molar refractivity (Wildman–Crippen MR) is 101 cm³/mol. The molecule has 0 amide bonds. The molecule has 156 valence electrons. The number of Topliss-reactive ketones (excluding diaryl/α,β-unsaturated/α-hetero) is 1. The highest BCUT2D eigenvalue weighted by molar-refractivity contribution is 5.87. The Balaban J connectivity index is 2.17. The van der Waals surface area contributed by atoms with Crippen molar-refractivity contribution < 1.29 is 29.3 Å². The molecule has 2 heterocycles. The summed E-state index contributed by atoms with van der Waals surface area (Å²) in [5.41, 5.74) is -1.34. The van der Waals surface area contributed by atoms with Crippen LogP contribution in [0.1, 0.15) is 73.6 Å². The number of ether oxygens (including phenoxy) is 2. The van der Waals surface area contributed by atoms with Crippen molar-refractivity contribution in [3.63, 3.8) is 0 Å². The minimum absolute atomic E-state index is 0.0329. The van der Waals surface area contributed by atoms with Gasteiger partial charge in [0.1, 0.15) is 11.9 Å². The lowest BCUT2D eigenvalue weighted by atomic mass is 9.73. The summed E-state index contributed by atoms with van der Waals surface area (Å²) in [6, 6.07) is 0. The molecule has 0 aliphatic carbocycles. The SMILES string of the molecule is CC1CC2OC2(C)CCCC(C)C(O)C(C)C(=O)C(C)(C)C(O)CC(=O)O1. The molecule has 2 saturated heterocycles. The molecule has 7 atom stereocenters. The topological polar surface area (TPSA) is 96.4 Å².